The minimum Gasteiger partial charge on any atom is -0.394 e. The Labute approximate surface area is 124 Å². The molecule has 8 nitrogen and oxygen atoms in total. The molecule has 1 aromatic rings. The quantitative estimate of drug-likeness (QED) is 0.617. The van der Waals surface area contributed by atoms with Gasteiger partial charge in [-0.1, -0.05) is 0 Å². The van der Waals surface area contributed by atoms with E-state index in [1.807, 2.05) is 0 Å². The molecule has 0 radical (unpaired) electrons. The summed E-state index contributed by atoms with van der Waals surface area (Å²) in [7, 11) is 0. The predicted octanol–water partition coefficient (Wildman–Crippen LogP) is -1.44. The molecule has 2 aliphatic heterocycles. The van der Waals surface area contributed by atoms with E-state index in [1.165, 1.54) is 13.8 Å². The van der Waals surface area contributed by atoms with E-state index in [0.29, 0.717) is 0 Å². The fourth-order valence-electron chi connectivity index (χ4n) is 2.68. The normalized spacial score (nSPS) is 45.7. The van der Waals surface area contributed by atoms with E-state index in [2.05, 4.69) is 4.98 Å². The van der Waals surface area contributed by atoms with Crippen LogP contribution < -0.4 is 11.2 Å². The lowest BCUT2D eigenvalue weighted by Gasteiger charge is -2.44. The first kappa shape index (κ1) is 11.1. The Morgan fingerprint density at radius 1 is 1.57 bits per heavy atom. The molecule has 0 aliphatic carbocycles. The van der Waals surface area contributed by atoms with Crippen molar-refractivity contribution in [3.8, 4) is 0 Å². The van der Waals surface area contributed by atoms with Gasteiger partial charge in [0.1, 0.15) is 17.8 Å². The second-order valence-electron chi connectivity index (χ2n) is 5.14. The Balaban J connectivity index is 2.25. The molecule has 1 aromatic heterocycles. The molecule has 8 heteroatoms. The summed E-state index contributed by atoms with van der Waals surface area (Å²) in [4.78, 5) is 26.1. The fraction of sp³-hybridized carbons (Fsp3) is 0.692. The molecular formula is C13H18N2O6. The Bertz CT molecular complexity index is 800. The van der Waals surface area contributed by atoms with E-state index in [0.717, 1.165) is 4.57 Å². The van der Waals surface area contributed by atoms with Gasteiger partial charge in [0.25, 0.3) is 5.56 Å². The lowest BCUT2D eigenvalue weighted by atomic mass is 9.86. The summed E-state index contributed by atoms with van der Waals surface area (Å²) in [6.07, 6.45) is -6.93. The highest BCUT2D eigenvalue weighted by atomic mass is 16.6. The van der Waals surface area contributed by atoms with Crippen molar-refractivity contribution in [2.45, 2.75) is 44.3 Å². The maximum absolute atomic E-state index is 12.3. The highest BCUT2D eigenvalue weighted by Crippen LogP contribution is 2.48. The summed E-state index contributed by atoms with van der Waals surface area (Å²) in [5, 5.41) is 20.1. The van der Waals surface area contributed by atoms with Gasteiger partial charge in [-0.3, -0.25) is 14.3 Å². The van der Waals surface area contributed by atoms with Crippen molar-refractivity contribution in [1.29, 1.82) is 0 Å². The highest BCUT2D eigenvalue weighted by Gasteiger charge is 2.62. The molecule has 5 atom stereocenters. The molecule has 1 unspecified atom stereocenters. The van der Waals surface area contributed by atoms with E-state index >= 15 is 0 Å². The van der Waals surface area contributed by atoms with Gasteiger partial charge in [-0.15, -0.1) is 0 Å². The highest BCUT2D eigenvalue weighted by molar-refractivity contribution is 5.17. The van der Waals surface area contributed by atoms with Crippen LogP contribution in [0, 0.1) is 13.8 Å². The summed E-state index contributed by atoms with van der Waals surface area (Å²) in [5.74, 6) is 0. The van der Waals surface area contributed by atoms with Crippen molar-refractivity contribution in [3.63, 3.8) is 0 Å². The first-order valence-electron chi connectivity index (χ1n) is 8.04. The van der Waals surface area contributed by atoms with Gasteiger partial charge in [-0.2, -0.15) is 0 Å². The van der Waals surface area contributed by atoms with Crippen molar-refractivity contribution < 1.29 is 23.8 Å². The predicted molar refractivity (Wildman–Crippen MR) is 71.1 cm³/mol. The monoisotopic (exact) mass is 301 g/mol. The minimum absolute atomic E-state index is 0.0784. The maximum atomic E-state index is 12.3. The second kappa shape index (κ2) is 4.77. The number of rotatable bonds is 2. The number of aromatic amines is 1. The third-order valence-electron chi connectivity index (χ3n) is 4.14. The summed E-state index contributed by atoms with van der Waals surface area (Å²) in [6.45, 7) is 0.839. The zero-order valence-corrected chi connectivity index (χ0v) is 11.5. The Kier molecular flexibility index (Phi) is 2.53. The van der Waals surface area contributed by atoms with Gasteiger partial charge in [0.05, 0.1) is 17.3 Å². The lowest BCUT2D eigenvalue weighted by Crippen LogP contribution is -2.58. The van der Waals surface area contributed by atoms with Gasteiger partial charge >= 0.3 is 5.69 Å². The Hall–Kier alpha value is -1.48. The van der Waals surface area contributed by atoms with Crippen LogP contribution in [0.15, 0.2) is 9.59 Å². The molecule has 0 aromatic carbocycles. The zero-order valence-electron chi connectivity index (χ0n) is 14.5. The number of aromatic nitrogens is 2. The molecule has 2 fully saturated rings. The van der Waals surface area contributed by atoms with Crippen molar-refractivity contribution in [1.82, 2.24) is 9.55 Å². The molecule has 21 heavy (non-hydrogen) atoms. The van der Waals surface area contributed by atoms with Crippen LogP contribution >= 0.6 is 0 Å². The van der Waals surface area contributed by atoms with Crippen molar-refractivity contribution in [2.24, 2.45) is 0 Å². The topological polar surface area (TPSA) is 114 Å². The molecule has 2 saturated heterocycles. The van der Waals surface area contributed by atoms with Crippen LogP contribution in [0.2, 0.25) is 0 Å². The third-order valence-corrected chi connectivity index (χ3v) is 4.14. The van der Waals surface area contributed by atoms with E-state index < -0.39 is 41.8 Å². The average molecular weight is 301 g/mol. The average Bonchev–Trinajstić information content (AvgIpc) is 2.61. The molecule has 3 heterocycles. The van der Waals surface area contributed by atoms with E-state index in [9.17, 15) is 19.8 Å². The van der Waals surface area contributed by atoms with Gasteiger partial charge in [-0.05, 0) is 13.8 Å². The van der Waals surface area contributed by atoms with Crippen molar-refractivity contribution >= 4 is 0 Å². The minimum atomic E-state index is -2.81. The van der Waals surface area contributed by atoms with Crippen LogP contribution in [0.4, 0.5) is 0 Å². The molecule has 0 bridgehead atoms. The second-order valence-corrected chi connectivity index (χ2v) is 5.14. The number of nitrogens with zero attached hydrogens (tertiary/aromatic N) is 1. The summed E-state index contributed by atoms with van der Waals surface area (Å²) >= 11 is 0. The molecule has 1 spiro atoms. The van der Waals surface area contributed by atoms with Gasteiger partial charge in [-0.25, -0.2) is 4.79 Å². The SMILES string of the molecule is [2H]C(O)[C@@]1([2H])O[C@@H](n2c(C)c(C)c(=O)[nH]c2=O)[C@@]2(CCO2)[C@]1([2H])O. The summed E-state index contributed by atoms with van der Waals surface area (Å²) < 4.78 is 35.3. The molecule has 3 N–H and O–H groups in total. The molecule has 0 saturated carbocycles. The molecule has 116 valence electrons. The van der Waals surface area contributed by atoms with Crippen LogP contribution in [0.3, 0.4) is 0 Å². The van der Waals surface area contributed by atoms with E-state index in [4.69, 9.17) is 13.6 Å². The summed E-state index contributed by atoms with van der Waals surface area (Å²) in [6, 6.07) is 0. The number of hydrogen-bond donors (Lipinski definition) is 3. The molecule has 0 amide bonds. The van der Waals surface area contributed by atoms with Gasteiger partial charge in [0, 0.05) is 17.7 Å². The first-order chi connectivity index (χ1) is 11.0. The molecular weight excluding hydrogens is 280 g/mol. The smallest absolute Gasteiger partial charge is 0.330 e. The van der Waals surface area contributed by atoms with Crippen LogP contribution in [-0.2, 0) is 9.47 Å². The standard InChI is InChI=1S/C13H18N2O6/c1-6-7(2)15(12(19)14-10(6)18)11-13(3-4-20-13)9(17)8(5-16)21-11/h8-9,11,16-17H,3-5H2,1-2H3,(H,14,18,19)/t8-,9-,11-,13-/m1/s1/i5D,8D,9D/t5?,8-,9-,11-,13-. The molecule has 2 aliphatic rings. The van der Waals surface area contributed by atoms with Gasteiger partial charge in [0.15, 0.2) is 6.23 Å². The number of H-pyrrole nitrogens is 1. The van der Waals surface area contributed by atoms with Gasteiger partial charge < -0.3 is 19.7 Å². The number of nitrogens with one attached hydrogen (secondary N) is 1. The zero-order chi connectivity index (χ0) is 18.1. The fourth-order valence-corrected chi connectivity index (χ4v) is 2.68. The van der Waals surface area contributed by atoms with Crippen molar-refractivity contribution in [3.05, 3.63) is 32.1 Å². The van der Waals surface area contributed by atoms with Gasteiger partial charge in [0.2, 0.25) is 0 Å². The lowest BCUT2D eigenvalue weighted by molar-refractivity contribution is -0.227. The first-order valence-corrected chi connectivity index (χ1v) is 6.46. The van der Waals surface area contributed by atoms with Crippen LogP contribution in [0.1, 0.15) is 28.0 Å². The van der Waals surface area contributed by atoms with Crippen molar-refractivity contribution in [2.75, 3.05) is 13.2 Å². The Morgan fingerprint density at radius 3 is 2.76 bits per heavy atom. The number of ether oxygens (including phenoxy) is 2. The number of aliphatic hydroxyl groups is 2. The van der Waals surface area contributed by atoms with E-state index in [1.54, 1.807) is 0 Å². The van der Waals surface area contributed by atoms with Crippen LogP contribution in [0.5, 0.6) is 0 Å². The number of aliphatic hydroxyl groups excluding tert-OH is 1. The molecule has 3 rings (SSSR count). The largest absolute Gasteiger partial charge is 0.394 e. The number of hydrogen-bond acceptors (Lipinski definition) is 6. The summed E-state index contributed by atoms with van der Waals surface area (Å²) in [5.41, 5.74) is -2.83. The van der Waals surface area contributed by atoms with Crippen LogP contribution in [-0.4, -0.2) is 50.7 Å². The Morgan fingerprint density at radius 2 is 2.24 bits per heavy atom. The maximum Gasteiger partial charge on any atom is 0.330 e. The van der Waals surface area contributed by atoms with Crippen LogP contribution in [0.25, 0.3) is 0 Å². The van der Waals surface area contributed by atoms with E-state index in [-0.39, 0.29) is 24.3 Å². The third kappa shape index (κ3) is 1.83.